The summed E-state index contributed by atoms with van der Waals surface area (Å²) in [7, 11) is -4.98. The highest BCUT2D eigenvalue weighted by Crippen LogP contribution is 2.30. The Bertz CT molecular complexity index is 1420. The lowest BCUT2D eigenvalue weighted by Crippen LogP contribution is -2.34. The number of amides is 1. The van der Waals surface area contributed by atoms with Gasteiger partial charge in [0.2, 0.25) is 5.75 Å². The number of aryl methyl sites for hydroxylation is 2. The third kappa shape index (κ3) is 5.31. The summed E-state index contributed by atoms with van der Waals surface area (Å²) < 4.78 is 67.1. The number of alkyl halides is 3. The third-order valence-electron chi connectivity index (χ3n) is 4.88. The molecule has 0 aliphatic rings. The lowest BCUT2D eigenvalue weighted by molar-refractivity contribution is -0.0500. The average Bonchev–Trinajstić information content (AvgIpc) is 2.76. The Labute approximate surface area is 202 Å². The first-order valence-corrected chi connectivity index (χ1v) is 11.8. The van der Waals surface area contributed by atoms with Gasteiger partial charge in [-0.1, -0.05) is 47.5 Å². The van der Waals surface area contributed by atoms with Crippen LogP contribution in [0.5, 0.6) is 5.75 Å². The summed E-state index contributed by atoms with van der Waals surface area (Å²) in [6.45, 7) is 0.0636. The molecule has 0 atom stereocenters. The van der Waals surface area contributed by atoms with Crippen LogP contribution in [-0.4, -0.2) is 30.9 Å². The van der Waals surface area contributed by atoms with Gasteiger partial charge in [-0.05, 0) is 36.6 Å². The van der Waals surface area contributed by atoms with Crippen LogP contribution in [0, 0.1) is 0 Å². The Morgan fingerprint density at radius 1 is 1.12 bits per heavy atom. The first-order chi connectivity index (χ1) is 15.8. The number of para-hydroxylation sites is 1. The van der Waals surface area contributed by atoms with Crippen molar-refractivity contribution in [2.75, 3.05) is 6.54 Å². The Morgan fingerprint density at radius 3 is 2.44 bits per heavy atom. The standard InChI is InChI=1S/C21H17Cl2F3N2O5S/c1-28-16-7-3-2-6-13(16)17(18(20(28)30)33-34(31,32)21(24,25)26)19(29)27-10-4-5-12-8-9-14(22)15(23)11-12/h2-3,6-9,11H,4-5,10H2,1H3,(H,27,29). The van der Waals surface area contributed by atoms with Crippen LogP contribution in [0.2, 0.25) is 10.0 Å². The SMILES string of the molecule is Cn1c(=O)c(OS(=O)(=O)C(F)(F)F)c(C(=O)NCCCc2ccc(Cl)c(Cl)c2)c2ccccc21. The van der Waals surface area contributed by atoms with E-state index in [0.29, 0.717) is 22.9 Å². The van der Waals surface area contributed by atoms with E-state index in [2.05, 4.69) is 9.50 Å². The highest BCUT2D eigenvalue weighted by molar-refractivity contribution is 7.88. The Kier molecular flexibility index (Phi) is 7.49. The molecule has 34 heavy (non-hydrogen) atoms. The minimum absolute atomic E-state index is 0.0407. The second kappa shape index (κ2) is 9.85. The van der Waals surface area contributed by atoms with Gasteiger partial charge in [0.1, 0.15) is 0 Å². The number of fused-ring (bicyclic) bond motifs is 1. The minimum Gasteiger partial charge on any atom is -0.369 e. The number of carbonyl (C=O) groups excluding carboxylic acids is 1. The molecule has 1 heterocycles. The van der Waals surface area contributed by atoms with Gasteiger partial charge in [-0.15, -0.1) is 0 Å². The molecule has 2 aromatic carbocycles. The second-order valence-electron chi connectivity index (χ2n) is 7.18. The highest BCUT2D eigenvalue weighted by Gasteiger charge is 2.49. The molecule has 13 heteroatoms. The number of nitrogens with zero attached hydrogens (tertiary/aromatic N) is 1. The summed E-state index contributed by atoms with van der Waals surface area (Å²) in [5.41, 5.74) is -6.58. The van der Waals surface area contributed by atoms with Gasteiger partial charge < -0.3 is 14.1 Å². The smallest absolute Gasteiger partial charge is 0.369 e. The van der Waals surface area contributed by atoms with Gasteiger partial charge in [0.05, 0.1) is 21.1 Å². The summed E-state index contributed by atoms with van der Waals surface area (Å²) in [6, 6.07) is 10.9. The van der Waals surface area contributed by atoms with E-state index in [9.17, 15) is 31.2 Å². The summed E-state index contributed by atoms with van der Waals surface area (Å²) in [4.78, 5) is 25.6. The molecule has 3 aromatic rings. The summed E-state index contributed by atoms with van der Waals surface area (Å²) in [5.74, 6) is -2.20. The van der Waals surface area contributed by atoms with E-state index >= 15 is 0 Å². The van der Waals surface area contributed by atoms with Crippen molar-refractivity contribution in [3.05, 3.63) is 74.0 Å². The molecule has 0 spiro atoms. The van der Waals surface area contributed by atoms with Crippen molar-refractivity contribution >= 4 is 50.1 Å². The van der Waals surface area contributed by atoms with Crippen LogP contribution >= 0.6 is 23.2 Å². The van der Waals surface area contributed by atoms with Crippen LogP contribution < -0.4 is 15.1 Å². The molecule has 1 amide bonds. The highest BCUT2D eigenvalue weighted by atomic mass is 35.5. The van der Waals surface area contributed by atoms with Crippen LogP contribution in [0.1, 0.15) is 22.3 Å². The number of halogens is 5. The lowest BCUT2D eigenvalue weighted by atomic mass is 10.1. The van der Waals surface area contributed by atoms with Crippen molar-refractivity contribution in [2.45, 2.75) is 18.3 Å². The molecule has 1 aromatic heterocycles. The van der Waals surface area contributed by atoms with E-state index in [1.165, 1.54) is 25.2 Å². The van der Waals surface area contributed by atoms with E-state index in [4.69, 9.17) is 23.2 Å². The van der Waals surface area contributed by atoms with Gasteiger partial charge in [0, 0.05) is 19.0 Å². The quantitative estimate of drug-likeness (QED) is 0.273. The van der Waals surface area contributed by atoms with E-state index in [1.807, 2.05) is 0 Å². The van der Waals surface area contributed by atoms with Gasteiger partial charge >= 0.3 is 15.6 Å². The van der Waals surface area contributed by atoms with Crippen LogP contribution in [0.25, 0.3) is 10.9 Å². The van der Waals surface area contributed by atoms with Crippen molar-refractivity contribution in [3.8, 4) is 5.75 Å². The predicted molar refractivity (Wildman–Crippen MR) is 122 cm³/mol. The molecule has 0 unspecified atom stereocenters. The molecular weight excluding hydrogens is 520 g/mol. The summed E-state index contributed by atoms with van der Waals surface area (Å²) in [5, 5.41) is 3.29. The first kappa shape index (κ1) is 25.9. The zero-order chi connectivity index (χ0) is 25.3. The molecule has 0 bridgehead atoms. The monoisotopic (exact) mass is 536 g/mol. The maximum Gasteiger partial charge on any atom is 0.534 e. The topological polar surface area (TPSA) is 94.5 Å². The van der Waals surface area contributed by atoms with Crippen LogP contribution in [-0.2, 0) is 23.6 Å². The number of aromatic nitrogens is 1. The number of pyridine rings is 1. The number of nitrogens with one attached hydrogen (secondary N) is 1. The molecule has 0 saturated carbocycles. The van der Waals surface area contributed by atoms with Crippen molar-refractivity contribution in [1.29, 1.82) is 0 Å². The molecule has 182 valence electrons. The fourth-order valence-corrected chi connectivity index (χ4v) is 4.00. The molecule has 1 N–H and O–H groups in total. The zero-order valence-electron chi connectivity index (χ0n) is 17.4. The molecule has 0 radical (unpaired) electrons. The van der Waals surface area contributed by atoms with Crippen LogP contribution in [0.15, 0.2) is 47.3 Å². The molecule has 3 rings (SSSR count). The first-order valence-electron chi connectivity index (χ1n) is 9.68. The van der Waals surface area contributed by atoms with Crippen molar-refractivity contribution in [1.82, 2.24) is 9.88 Å². The predicted octanol–water partition coefficient (Wildman–Crippen LogP) is 4.44. The average molecular weight is 537 g/mol. The largest absolute Gasteiger partial charge is 0.534 e. The maximum atomic E-state index is 12.9. The summed E-state index contributed by atoms with van der Waals surface area (Å²) in [6.07, 6.45) is 0.893. The number of carbonyl (C=O) groups is 1. The lowest BCUT2D eigenvalue weighted by Gasteiger charge is -2.16. The third-order valence-corrected chi connectivity index (χ3v) is 6.57. The molecule has 0 saturated heterocycles. The Hall–Kier alpha value is -2.76. The number of benzene rings is 2. The minimum atomic E-state index is -6.20. The Morgan fingerprint density at radius 2 is 1.79 bits per heavy atom. The number of hydrogen-bond acceptors (Lipinski definition) is 5. The molecule has 7 nitrogen and oxygen atoms in total. The van der Waals surface area contributed by atoms with Gasteiger partial charge in [0.15, 0.2) is 0 Å². The van der Waals surface area contributed by atoms with Crippen LogP contribution in [0.4, 0.5) is 13.2 Å². The molecular formula is C21H17Cl2F3N2O5S. The number of hydrogen-bond donors (Lipinski definition) is 1. The maximum absolute atomic E-state index is 12.9. The van der Waals surface area contributed by atoms with E-state index in [-0.39, 0.29) is 17.4 Å². The van der Waals surface area contributed by atoms with E-state index in [0.717, 1.165) is 10.1 Å². The van der Waals surface area contributed by atoms with E-state index < -0.39 is 38.4 Å². The normalized spacial score (nSPS) is 12.1. The van der Waals surface area contributed by atoms with Crippen molar-refractivity contribution in [2.24, 2.45) is 7.05 Å². The Balaban J connectivity index is 1.93. The summed E-state index contributed by atoms with van der Waals surface area (Å²) >= 11 is 11.8. The van der Waals surface area contributed by atoms with Gasteiger partial charge in [0.25, 0.3) is 11.5 Å². The van der Waals surface area contributed by atoms with Crippen LogP contribution in [0.3, 0.4) is 0 Å². The fourth-order valence-electron chi connectivity index (χ4n) is 3.21. The molecule has 0 fully saturated rings. The van der Waals surface area contributed by atoms with Gasteiger partial charge in [-0.25, -0.2) is 0 Å². The van der Waals surface area contributed by atoms with Gasteiger partial charge in [-0.3, -0.25) is 9.59 Å². The zero-order valence-corrected chi connectivity index (χ0v) is 19.8. The fraction of sp³-hybridized carbons (Fsp3) is 0.238. The molecule has 0 aliphatic carbocycles. The van der Waals surface area contributed by atoms with Gasteiger partial charge in [-0.2, -0.15) is 21.6 Å². The second-order valence-corrected chi connectivity index (χ2v) is 9.53. The number of rotatable bonds is 7. The van der Waals surface area contributed by atoms with Crippen molar-refractivity contribution < 1.29 is 30.6 Å². The van der Waals surface area contributed by atoms with E-state index in [1.54, 1.807) is 24.3 Å². The van der Waals surface area contributed by atoms with Crippen molar-refractivity contribution in [3.63, 3.8) is 0 Å². The molecule has 0 aliphatic heterocycles.